The number of nitrogens with zero attached hydrogens (tertiary/aromatic N) is 1. The molecular formula is C17H28N2. The molecule has 1 aromatic carbocycles. The minimum atomic E-state index is 0.140. The van der Waals surface area contributed by atoms with Crippen molar-refractivity contribution in [2.45, 2.75) is 58.5 Å². The van der Waals surface area contributed by atoms with Gasteiger partial charge in [-0.2, -0.15) is 0 Å². The lowest BCUT2D eigenvalue weighted by atomic mass is 9.88. The Labute approximate surface area is 118 Å². The van der Waals surface area contributed by atoms with Crippen molar-refractivity contribution >= 4 is 5.69 Å². The third kappa shape index (κ3) is 2.79. The minimum absolute atomic E-state index is 0.140. The fourth-order valence-corrected chi connectivity index (χ4v) is 3.36. The van der Waals surface area contributed by atoms with Crippen LogP contribution in [-0.2, 0) is 0 Å². The Morgan fingerprint density at radius 3 is 1.84 bits per heavy atom. The number of anilines is 1. The van der Waals surface area contributed by atoms with Gasteiger partial charge in [0.2, 0.25) is 0 Å². The molecular weight excluding hydrogens is 232 g/mol. The lowest BCUT2D eigenvalue weighted by molar-refractivity contribution is 0.263. The summed E-state index contributed by atoms with van der Waals surface area (Å²) in [7, 11) is 0. The SMILES string of the molecule is CC(C)c1ccc(N2C(C)(C)CNCC2(C)C)cc1. The van der Waals surface area contributed by atoms with E-state index in [1.165, 1.54) is 11.3 Å². The second-order valence-electron chi connectivity index (χ2n) is 7.31. The van der Waals surface area contributed by atoms with Crippen molar-refractivity contribution in [1.29, 1.82) is 0 Å². The van der Waals surface area contributed by atoms with E-state index in [2.05, 4.69) is 76.0 Å². The average molecular weight is 260 g/mol. The first-order chi connectivity index (χ1) is 8.74. The van der Waals surface area contributed by atoms with Gasteiger partial charge in [0.05, 0.1) is 0 Å². The van der Waals surface area contributed by atoms with Gasteiger partial charge in [-0.25, -0.2) is 0 Å². The average Bonchev–Trinajstić information content (AvgIpc) is 2.27. The van der Waals surface area contributed by atoms with E-state index in [0.717, 1.165) is 13.1 Å². The third-order valence-corrected chi connectivity index (χ3v) is 4.14. The summed E-state index contributed by atoms with van der Waals surface area (Å²) in [6.07, 6.45) is 0. The van der Waals surface area contributed by atoms with Crippen LogP contribution < -0.4 is 10.2 Å². The molecule has 1 heterocycles. The van der Waals surface area contributed by atoms with Gasteiger partial charge in [0, 0.05) is 29.9 Å². The first-order valence-electron chi connectivity index (χ1n) is 7.35. The van der Waals surface area contributed by atoms with E-state index in [0.29, 0.717) is 5.92 Å². The molecule has 1 N–H and O–H groups in total. The summed E-state index contributed by atoms with van der Waals surface area (Å²) in [5, 5.41) is 3.55. The minimum Gasteiger partial charge on any atom is -0.359 e. The highest BCUT2D eigenvalue weighted by Crippen LogP contribution is 2.34. The van der Waals surface area contributed by atoms with Crippen LogP contribution in [0.5, 0.6) is 0 Å². The van der Waals surface area contributed by atoms with Crippen LogP contribution in [0.4, 0.5) is 5.69 Å². The highest BCUT2D eigenvalue weighted by Gasteiger charge is 2.41. The number of piperazine rings is 1. The summed E-state index contributed by atoms with van der Waals surface area (Å²) in [6.45, 7) is 15.8. The molecule has 0 radical (unpaired) electrons. The Bertz CT molecular complexity index is 413. The van der Waals surface area contributed by atoms with Gasteiger partial charge in [-0.15, -0.1) is 0 Å². The first kappa shape index (κ1) is 14.4. The first-order valence-corrected chi connectivity index (χ1v) is 7.35. The van der Waals surface area contributed by atoms with Crippen molar-refractivity contribution in [2.24, 2.45) is 0 Å². The molecule has 1 aliphatic heterocycles. The highest BCUT2D eigenvalue weighted by molar-refractivity contribution is 5.53. The predicted octanol–water partition coefficient (Wildman–Crippen LogP) is 3.78. The molecule has 0 atom stereocenters. The molecule has 1 fully saturated rings. The molecule has 0 bridgehead atoms. The summed E-state index contributed by atoms with van der Waals surface area (Å²) >= 11 is 0. The van der Waals surface area contributed by atoms with E-state index >= 15 is 0 Å². The van der Waals surface area contributed by atoms with Gasteiger partial charge in [-0.05, 0) is 51.3 Å². The molecule has 0 spiro atoms. The van der Waals surface area contributed by atoms with Crippen LogP contribution >= 0.6 is 0 Å². The monoisotopic (exact) mass is 260 g/mol. The number of hydrogen-bond donors (Lipinski definition) is 1. The van der Waals surface area contributed by atoms with Crippen LogP contribution in [0.15, 0.2) is 24.3 Å². The maximum atomic E-state index is 3.55. The lowest BCUT2D eigenvalue weighted by Gasteiger charge is -2.54. The number of nitrogens with one attached hydrogen (secondary N) is 1. The standard InChI is InChI=1S/C17H28N2/c1-13(2)14-7-9-15(10-8-14)19-16(3,4)11-18-12-17(19,5)6/h7-10,13,18H,11-12H2,1-6H3. The van der Waals surface area contributed by atoms with Gasteiger partial charge in [-0.3, -0.25) is 0 Å². The molecule has 1 aromatic rings. The van der Waals surface area contributed by atoms with Crippen molar-refractivity contribution in [3.63, 3.8) is 0 Å². The van der Waals surface area contributed by atoms with Crippen LogP contribution in [-0.4, -0.2) is 24.2 Å². The molecule has 106 valence electrons. The van der Waals surface area contributed by atoms with Crippen molar-refractivity contribution < 1.29 is 0 Å². The third-order valence-electron chi connectivity index (χ3n) is 4.14. The number of hydrogen-bond acceptors (Lipinski definition) is 2. The summed E-state index contributed by atoms with van der Waals surface area (Å²) in [5.41, 5.74) is 3.03. The van der Waals surface area contributed by atoms with Crippen LogP contribution in [0.3, 0.4) is 0 Å². The Morgan fingerprint density at radius 1 is 0.947 bits per heavy atom. The van der Waals surface area contributed by atoms with Gasteiger partial charge >= 0.3 is 0 Å². The molecule has 0 aliphatic carbocycles. The smallest absolute Gasteiger partial charge is 0.0476 e. The fourth-order valence-electron chi connectivity index (χ4n) is 3.36. The molecule has 0 unspecified atom stereocenters. The van der Waals surface area contributed by atoms with Gasteiger partial charge in [0.15, 0.2) is 0 Å². The Kier molecular flexibility index (Phi) is 3.65. The summed E-state index contributed by atoms with van der Waals surface area (Å²) in [6, 6.07) is 9.11. The van der Waals surface area contributed by atoms with E-state index in [1.54, 1.807) is 0 Å². The summed E-state index contributed by atoms with van der Waals surface area (Å²) < 4.78 is 0. The van der Waals surface area contributed by atoms with Crippen molar-refractivity contribution in [3.05, 3.63) is 29.8 Å². The number of rotatable bonds is 2. The van der Waals surface area contributed by atoms with Gasteiger partial charge in [0.1, 0.15) is 0 Å². The second-order valence-corrected chi connectivity index (χ2v) is 7.31. The van der Waals surface area contributed by atoms with Crippen LogP contribution in [0.25, 0.3) is 0 Å². The molecule has 1 saturated heterocycles. The topological polar surface area (TPSA) is 15.3 Å². The zero-order chi connectivity index (χ0) is 14.3. The molecule has 1 aliphatic rings. The van der Waals surface area contributed by atoms with Crippen LogP contribution in [0.1, 0.15) is 53.0 Å². The number of benzene rings is 1. The molecule has 2 nitrogen and oxygen atoms in total. The normalized spacial score (nSPS) is 21.7. The zero-order valence-electron chi connectivity index (χ0n) is 13.2. The van der Waals surface area contributed by atoms with Gasteiger partial charge in [0.25, 0.3) is 0 Å². The zero-order valence-corrected chi connectivity index (χ0v) is 13.2. The lowest BCUT2D eigenvalue weighted by Crippen LogP contribution is -2.68. The molecule has 0 amide bonds. The maximum absolute atomic E-state index is 3.55. The molecule has 0 saturated carbocycles. The largest absolute Gasteiger partial charge is 0.359 e. The van der Waals surface area contributed by atoms with Crippen molar-refractivity contribution in [2.75, 3.05) is 18.0 Å². The molecule has 0 aromatic heterocycles. The Balaban J connectivity index is 2.36. The molecule has 2 heteroatoms. The quantitative estimate of drug-likeness (QED) is 0.870. The predicted molar refractivity (Wildman–Crippen MR) is 84.0 cm³/mol. The van der Waals surface area contributed by atoms with E-state index in [9.17, 15) is 0 Å². The maximum Gasteiger partial charge on any atom is 0.0476 e. The Hall–Kier alpha value is -1.02. The van der Waals surface area contributed by atoms with Crippen molar-refractivity contribution in [3.8, 4) is 0 Å². The van der Waals surface area contributed by atoms with E-state index in [1.807, 2.05) is 0 Å². The Morgan fingerprint density at radius 2 is 1.42 bits per heavy atom. The molecule has 2 rings (SSSR count). The van der Waals surface area contributed by atoms with E-state index in [4.69, 9.17) is 0 Å². The fraction of sp³-hybridized carbons (Fsp3) is 0.647. The van der Waals surface area contributed by atoms with Crippen LogP contribution in [0, 0.1) is 0 Å². The van der Waals surface area contributed by atoms with E-state index < -0.39 is 0 Å². The summed E-state index contributed by atoms with van der Waals surface area (Å²) in [5.74, 6) is 0.595. The van der Waals surface area contributed by atoms with Crippen LogP contribution in [0.2, 0.25) is 0 Å². The molecule has 19 heavy (non-hydrogen) atoms. The van der Waals surface area contributed by atoms with Gasteiger partial charge < -0.3 is 10.2 Å². The summed E-state index contributed by atoms with van der Waals surface area (Å²) in [4.78, 5) is 2.57. The van der Waals surface area contributed by atoms with Gasteiger partial charge in [-0.1, -0.05) is 26.0 Å². The highest BCUT2D eigenvalue weighted by atomic mass is 15.3. The van der Waals surface area contributed by atoms with Crippen molar-refractivity contribution in [1.82, 2.24) is 5.32 Å². The second kappa shape index (κ2) is 4.82. The van der Waals surface area contributed by atoms with E-state index in [-0.39, 0.29) is 11.1 Å².